The summed E-state index contributed by atoms with van der Waals surface area (Å²) >= 11 is 0. The molecule has 0 saturated carbocycles. The van der Waals surface area contributed by atoms with Crippen molar-refractivity contribution in [2.45, 2.75) is 31.3 Å². The van der Waals surface area contributed by atoms with Gasteiger partial charge in [-0.05, 0) is 19.8 Å². The number of guanidine groups is 1. The summed E-state index contributed by atoms with van der Waals surface area (Å²) in [5, 5.41) is 6.02. The first-order valence-corrected chi connectivity index (χ1v) is 9.74. The quantitative estimate of drug-likeness (QED) is 0.228. The van der Waals surface area contributed by atoms with Gasteiger partial charge in [-0.2, -0.15) is 17.5 Å². The Bertz CT molecular complexity index is 675. The Balaban J connectivity index is 0.00000729. The molecule has 1 aliphatic rings. The van der Waals surface area contributed by atoms with Crippen LogP contribution in [-0.4, -0.2) is 81.3 Å². The number of halogens is 4. The molecule has 2 N–H and O–H groups in total. The van der Waals surface area contributed by atoms with E-state index in [1.807, 2.05) is 0 Å². The van der Waals surface area contributed by atoms with Gasteiger partial charge in [0.1, 0.15) is 6.54 Å². The van der Waals surface area contributed by atoms with Crippen LogP contribution >= 0.6 is 24.0 Å². The molecule has 0 spiro atoms. The molecule has 8 nitrogen and oxygen atoms in total. The number of carbonyl (C=O) groups is 1. The monoisotopic (exact) mass is 541 g/mol. The zero-order valence-corrected chi connectivity index (χ0v) is 19.2. The summed E-state index contributed by atoms with van der Waals surface area (Å²) in [5.41, 5.74) is -4.47. The molecule has 1 fully saturated rings. The van der Waals surface area contributed by atoms with Crippen LogP contribution in [0, 0.1) is 0 Å². The normalized spacial score (nSPS) is 16.9. The third-order valence-corrected chi connectivity index (χ3v) is 5.49. The van der Waals surface area contributed by atoms with Gasteiger partial charge in [0.05, 0.1) is 0 Å². The highest BCUT2D eigenvalue weighted by molar-refractivity contribution is 14.0. The molecule has 13 heteroatoms. The maximum Gasteiger partial charge on any atom is 0.511 e. The van der Waals surface area contributed by atoms with E-state index in [0.717, 1.165) is 5.57 Å². The highest BCUT2D eigenvalue weighted by atomic mass is 127. The number of hydrogen-bond donors (Lipinski definition) is 2. The van der Waals surface area contributed by atoms with Gasteiger partial charge in [0, 0.05) is 39.8 Å². The zero-order chi connectivity index (χ0) is 20.8. The number of hydrogen-bond acceptors (Lipinski definition) is 4. The third-order valence-electron chi connectivity index (χ3n) is 3.86. The van der Waals surface area contributed by atoms with Crippen LogP contribution in [0.2, 0.25) is 0 Å². The lowest BCUT2D eigenvalue weighted by Crippen LogP contribution is -2.52. The number of rotatable bonds is 6. The van der Waals surface area contributed by atoms with Crippen LogP contribution in [0.3, 0.4) is 0 Å². The smallest absolute Gasteiger partial charge is 0.354 e. The number of likely N-dealkylation sites (N-methyl/N-ethyl adjacent to an activating group) is 1. The molecule has 0 aliphatic carbocycles. The molecular weight excluding hydrogens is 514 g/mol. The summed E-state index contributed by atoms with van der Waals surface area (Å²) in [6, 6.07) is -0.268. The molecule has 0 radical (unpaired) electrons. The summed E-state index contributed by atoms with van der Waals surface area (Å²) in [7, 11) is -2.11. The number of nitrogens with zero attached hydrogens (tertiary/aromatic N) is 3. The van der Waals surface area contributed by atoms with Gasteiger partial charge in [-0.3, -0.25) is 4.79 Å². The fraction of sp³-hybridized carbons (Fsp3) is 0.733. The molecule has 1 heterocycles. The highest BCUT2D eigenvalue weighted by Gasteiger charge is 2.50. The van der Waals surface area contributed by atoms with E-state index in [2.05, 4.69) is 22.2 Å². The molecule has 1 rings (SSSR count). The van der Waals surface area contributed by atoms with Crippen molar-refractivity contribution in [3.63, 3.8) is 0 Å². The van der Waals surface area contributed by atoms with Gasteiger partial charge in [-0.25, -0.2) is 13.4 Å². The van der Waals surface area contributed by atoms with E-state index < -0.39 is 15.5 Å². The maximum absolute atomic E-state index is 12.6. The van der Waals surface area contributed by atoms with Crippen molar-refractivity contribution >= 4 is 45.9 Å². The molecule has 0 bridgehead atoms. The topological polar surface area (TPSA) is 94.1 Å². The van der Waals surface area contributed by atoms with Gasteiger partial charge in [-0.15, -0.1) is 24.0 Å². The van der Waals surface area contributed by atoms with Crippen molar-refractivity contribution in [3.8, 4) is 0 Å². The second-order valence-electron chi connectivity index (χ2n) is 6.53. The molecule has 0 aromatic carbocycles. The number of sulfonamides is 1. The lowest BCUT2D eigenvalue weighted by atomic mass is 10.1. The largest absolute Gasteiger partial charge is 0.511 e. The van der Waals surface area contributed by atoms with Gasteiger partial charge >= 0.3 is 15.5 Å². The van der Waals surface area contributed by atoms with E-state index in [-0.39, 0.29) is 68.4 Å². The van der Waals surface area contributed by atoms with Crippen molar-refractivity contribution in [1.29, 1.82) is 0 Å². The minimum atomic E-state index is -5.31. The second-order valence-corrected chi connectivity index (χ2v) is 8.46. The number of aliphatic imine (C=N–C) groups is 1. The van der Waals surface area contributed by atoms with Crippen LogP contribution in [0.4, 0.5) is 13.2 Å². The third kappa shape index (κ3) is 8.11. The van der Waals surface area contributed by atoms with Gasteiger partial charge in [0.15, 0.2) is 5.96 Å². The van der Waals surface area contributed by atoms with E-state index in [9.17, 15) is 26.4 Å². The molecule has 0 unspecified atom stereocenters. The summed E-state index contributed by atoms with van der Waals surface area (Å²) in [4.78, 5) is 17.2. The van der Waals surface area contributed by atoms with E-state index in [1.54, 1.807) is 21.0 Å². The number of nitrogens with one attached hydrogen (secondary N) is 2. The first-order valence-electron chi connectivity index (χ1n) is 8.30. The molecular formula is C15H27F3IN5O3S. The standard InChI is InChI=1S/C15H26F3N5O3S.HI/c1-11(2)9-19-14(20-10-13(24)22(3)4)21-12-5-7-23(8-6-12)27(25,26)15(16,17)18;/h12H,1,5-10H2,2-4H3,(H2,19,20,21);1H. The highest BCUT2D eigenvalue weighted by Crippen LogP contribution is 2.28. The van der Waals surface area contributed by atoms with Crippen molar-refractivity contribution in [3.05, 3.63) is 12.2 Å². The molecule has 1 amide bonds. The van der Waals surface area contributed by atoms with Gasteiger partial charge in [-0.1, -0.05) is 12.2 Å². The van der Waals surface area contributed by atoms with Crippen molar-refractivity contribution in [2.24, 2.45) is 4.99 Å². The van der Waals surface area contributed by atoms with Crippen molar-refractivity contribution < 1.29 is 26.4 Å². The number of piperidine rings is 1. The van der Waals surface area contributed by atoms with E-state index in [1.165, 1.54) is 4.90 Å². The summed E-state index contributed by atoms with van der Waals surface area (Å²) < 4.78 is 61.2. The molecule has 1 aliphatic heterocycles. The number of carbonyl (C=O) groups excluding carboxylic acids is 1. The number of alkyl halides is 3. The minimum Gasteiger partial charge on any atom is -0.354 e. The molecule has 0 atom stereocenters. The van der Waals surface area contributed by atoms with Gasteiger partial charge < -0.3 is 15.5 Å². The first kappa shape index (κ1) is 26.9. The van der Waals surface area contributed by atoms with E-state index in [4.69, 9.17) is 0 Å². The molecule has 164 valence electrons. The second kappa shape index (κ2) is 11.2. The van der Waals surface area contributed by atoms with E-state index >= 15 is 0 Å². The Morgan fingerprint density at radius 2 is 1.82 bits per heavy atom. The Labute approximate surface area is 180 Å². The van der Waals surface area contributed by atoms with Crippen LogP contribution in [0.5, 0.6) is 0 Å². The number of amides is 1. The lowest BCUT2D eigenvalue weighted by Gasteiger charge is -2.32. The average molecular weight is 541 g/mol. The lowest BCUT2D eigenvalue weighted by molar-refractivity contribution is -0.127. The van der Waals surface area contributed by atoms with Crippen LogP contribution in [0.15, 0.2) is 17.1 Å². The Morgan fingerprint density at radius 3 is 2.25 bits per heavy atom. The Kier molecular flexibility index (Phi) is 10.8. The molecule has 1 saturated heterocycles. The molecule has 0 aromatic heterocycles. The average Bonchev–Trinajstić information content (AvgIpc) is 2.56. The predicted octanol–water partition coefficient (Wildman–Crippen LogP) is 1.12. The van der Waals surface area contributed by atoms with Gasteiger partial charge in [0.25, 0.3) is 0 Å². The van der Waals surface area contributed by atoms with Crippen molar-refractivity contribution in [1.82, 2.24) is 19.8 Å². The maximum atomic E-state index is 12.6. The van der Waals surface area contributed by atoms with Crippen LogP contribution in [0.1, 0.15) is 19.8 Å². The minimum absolute atomic E-state index is 0. The first-order chi connectivity index (χ1) is 12.3. The summed E-state index contributed by atoms with van der Waals surface area (Å²) in [6.07, 6.45) is 0.370. The fourth-order valence-electron chi connectivity index (χ4n) is 2.26. The van der Waals surface area contributed by atoms with Crippen molar-refractivity contribution in [2.75, 3.05) is 40.3 Å². The zero-order valence-electron chi connectivity index (χ0n) is 16.0. The Hall–Kier alpha value is -1.09. The fourth-order valence-corrected chi connectivity index (χ4v) is 3.24. The van der Waals surface area contributed by atoms with Crippen LogP contribution < -0.4 is 10.6 Å². The summed E-state index contributed by atoms with van der Waals surface area (Å²) in [5.74, 6) is 0.114. The van der Waals surface area contributed by atoms with Crippen LogP contribution in [0.25, 0.3) is 0 Å². The SMILES string of the molecule is C=C(C)CNC(=NCC(=O)N(C)C)NC1CCN(S(=O)(=O)C(F)(F)F)CC1.I. The predicted molar refractivity (Wildman–Crippen MR) is 112 cm³/mol. The van der Waals surface area contributed by atoms with E-state index in [0.29, 0.717) is 16.8 Å². The molecule has 0 aromatic rings. The Morgan fingerprint density at radius 1 is 1.29 bits per heavy atom. The van der Waals surface area contributed by atoms with Crippen LogP contribution in [-0.2, 0) is 14.8 Å². The molecule has 28 heavy (non-hydrogen) atoms. The van der Waals surface area contributed by atoms with Gasteiger partial charge in [0.2, 0.25) is 5.91 Å². The summed E-state index contributed by atoms with van der Waals surface area (Å²) in [6.45, 7) is 5.38.